The van der Waals surface area contributed by atoms with Crippen LogP contribution < -0.4 is 4.74 Å². The van der Waals surface area contributed by atoms with Crippen LogP contribution >= 0.6 is 23.2 Å². The van der Waals surface area contributed by atoms with E-state index in [2.05, 4.69) is 0 Å². The molecule has 2 aromatic carbocycles. The zero-order valence-corrected chi connectivity index (χ0v) is 11.7. The molecule has 1 atom stereocenters. The van der Waals surface area contributed by atoms with Gasteiger partial charge in [-0.2, -0.15) is 0 Å². The third kappa shape index (κ3) is 2.39. The fourth-order valence-corrected chi connectivity index (χ4v) is 2.50. The quantitative estimate of drug-likeness (QED) is 0.753. The van der Waals surface area contributed by atoms with Crippen LogP contribution in [0.1, 0.15) is 28.4 Å². The largest absolute Gasteiger partial charge is 0.484 e. The average Bonchev–Trinajstić information content (AvgIpc) is 2.41. The number of rotatable bonds is 1. The molecule has 0 aliphatic carbocycles. The Morgan fingerprint density at radius 2 is 1.90 bits per heavy atom. The molecular formula is C15H9Cl2FO2. The Morgan fingerprint density at radius 3 is 2.65 bits per heavy atom. The first-order chi connectivity index (χ1) is 9.54. The summed E-state index contributed by atoms with van der Waals surface area (Å²) < 4.78 is 18.9. The maximum Gasteiger partial charge on any atom is 0.170 e. The number of ether oxygens (including phenoxy) is 1. The van der Waals surface area contributed by atoms with Crippen molar-refractivity contribution >= 4 is 29.0 Å². The molecule has 2 aromatic rings. The molecule has 0 saturated carbocycles. The van der Waals surface area contributed by atoms with E-state index in [9.17, 15) is 9.18 Å². The van der Waals surface area contributed by atoms with E-state index < -0.39 is 11.9 Å². The summed E-state index contributed by atoms with van der Waals surface area (Å²) in [6, 6.07) is 8.96. The van der Waals surface area contributed by atoms with E-state index in [1.54, 1.807) is 18.2 Å². The van der Waals surface area contributed by atoms with E-state index in [1.165, 1.54) is 18.2 Å². The maximum absolute atomic E-state index is 13.2. The van der Waals surface area contributed by atoms with Crippen molar-refractivity contribution in [3.05, 3.63) is 63.4 Å². The Labute approximate surface area is 125 Å². The number of benzene rings is 2. The molecule has 0 radical (unpaired) electrons. The third-order valence-corrected chi connectivity index (χ3v) is 3.94. The molecule has 0 aromatic heterocycles. The summed E-state index contributed by atoms with van der Waals surface area (Å²) in [6.45, 7) is 0. The van der Waals surface area contributed by atoms with Gasteiger partial charge in [0.05, 0.1) is 22.0 Å². The van der Waals surface area contributed by atoms with Crippen molar-refractivity contribution in [1.82, 2.24) is 0 Å². The molecule has 102 valence electrons. The van der Waals surface area contributed by atoms with Crippen molar-refractivity contribution in [3.8, 4) is 5.75 Å². The van der Waals surface area contributed by atoms with Crippen LogP contribution in [-0.4, -0.2) is 5.78 Å². The molecular weight excluding hydrogens is 302 g/mol. The van der Waals surface area contributed by atoms with Crippen molar-refractivity contribution in [3.63, 3.8) is 0 Å². The molecule has 3 rings (SSSR count). The maximum atomic E-state index is 13.2. The molecule has 0 saturated heterocycles. The smallest absolute Gasteiger partial charge is 0.170 e. The SMILES string of the molecule is O=C1CC(c2ccc(Cl)c(Cl)c2)Oc2cc(F)ccc21. The predicted octanol–water partition coefficient (Wildman–Crippen LogP) is 4.84. The standard InChI is InChI=1S/C15H9Cl2FO2/c16-11-4-1-8(5-12(11)17)14-7-13(19)10-3-2-9(18)6-15(10)20-14/h1-6,14H,7H2. The summed E-state index contributed by atoms with van der Waals surface area (Å²) in [7, 11) is 0. The molecule has 1 heterocycles. The lowest BCUT2D eigenvalue weighted by Gasteiger charge is -2.25. The van der Waals surface area contributed by atoms with Crippen LogP contribution in [0.2, 0.25) is 10.0 Å². The Balaban J connectivity index is 1.98. The Kier molecular flexibility index (Phi) is 3.40. The highest BCUT2D eigenvalue weighted by atomic mass is 35.5. The highest BCUT2D eigenvalue weighted by Crippen LogP contribution is 2.36. The van der Waals surface area contributed by atoms with Gasteiger partial charge in [0.15, 0.2) is 5.78 Å². The van der Waals surface area contributed by atoms with Gasteiger partial charge in [-0.05, 0) is 29.8 Å². The molecule has 0 fully saturated rings. The number of Topliss-reactive ketones (excluding diaryl/α,β-unsaturated/α-hetero) is 1. The van der Waals surface area contributed by atoms with Gasteiger partial charge in [0.25, 0.3) is 0 Å². The van der Waals surface area contributed by atoms with Gasteiger partial charge >= 0.3 is 0 Å². The van der Waals surface area contributed by atoms with E-state index in [0.717, 1.165) is 5.56 Å². The number of hydrogen-bond acceptors (Lipinski definition) is 2. The van der Waals surface area contributed by atoms with Crippen LogP contribution in [0.5, 0.6) is 5.75 Å². The first-order valence-corrected chi connectivity index (χ1v) is 6.74. The van der Waals surface area contributed by atoms with E-state index >= 15 is 0 Å². The number of ketones is 1. The van der Waals surface area contributed by atoms with Gasteiger partial charge in [-0.1, -0.05) is 29.3 Å². The van der Waals surface area contributed by atoms with Gasteiger partial charge in [0.1, 0.15) is 17.7 Å². The van der Waals surface area contributed by atoms with E-state index in [0.29, 0.717) is 15.6 Å². The number of hydrogen-bond donors (Lipinski definition) is 0. The van der Waals surface area contributed by atoms with Crippen molar-refractivity contribution in [2.24, 2.45) is 0 Å². The molecule has 2 nitrogen and oxygen atoms in total. The van der Waals surface area contributed by atoms with Crippen molar-refractivity contribution < 1.29 is 13.9 Å². The molecule has 1 aliphatic heterocycles. The number of halogens is 3. The molecule has 0 bridgehead atoms. The van der Waals surface area contributed by atoms with Gasteiger partial charge in [-0.3, -0.25) is 4.79 Å². The summed E-state index contributed by atoms with van der Waals surface area (Å²) in [5.41, 5.74) is 1.14. The van der Waals surface area contributed by atoms with Crippen LogP contribution in [0.4, 0.5) is 4.39 Å². The fourth-order valence-electron chi connectivity index (χ4n) is 2.20. The molecule has 0 amide bonds. The summed E-state index contributed by atoms with van der Waals surface area (Å²) in [4.78, 5) is 12.1. The van der Waals surface area contributed by atoms with E-state index in [1.807, 2.05) is 0 Å². The van der Waals surface area contributed by atoms with Crippen LogP contribution in [0.25, 0.3) is 0 Å². The zero-order chi connectivity index (χ0) is 14.3. The van der Waals surface area contributed by atoms with Gasteiger partial charge in [-0.15, -0.1) is 0 Å². The van der Waals surface area contributed by atoms with Crippen molar-refractivity contribution in [2.75, 3.05) is 0 Å². The molecule has 0 N–H and O–H groups in total. The van der Waals surface area contributed by atoms with Crippen molar-refractivity contribution in [1.29, 1.82) is 0 Å². The number of carbonyl (C=O) groups excluding carboxylic acids is 1. The van der Waals surface area contributed by atoms with Crippen molar-refractivity contribution in [2.45, 2.75) is 12.5 Å². The summed E-state index contributed by atoms with van der Waals surface area (Å²) >= 11 is 11.8. The highest BCUT2D eigenvalue weighted by Gasteiger charge is 2.28. The lowest BCUT2D eigenvalue weighted by Crippen LogP contribution is -2.20. The summed E-state index contributed by atoms with van der Waals surface area (Å²) in [5.74, 6) is -0.258. The third-order valence-electron chi connectivity index (χ3n) is 3.20. The molecule has 5 heteroatoms. The molecule has 0 spiro atoms. The topological polar surface area (TPSA) is 26.3 Å². The first-order valence-electron chi connectivity index (χ1n) is 5.99. The summed E-state index contributed by atoms with van der Waals surface area (Å²) in [6.07, 6.45) is -0.289. The minimum absolute atomic E-state index is 0.0812. The van der Waals surface area contributed by atoms with E-state index in [4.69, 9.17) is 27.9 Å². The number of carbonyl (C=O) groups is 1. The minimum atomic E-state index is -0.480. The summed E-state index contributed by atoms with van der Waals surface area (Å²) in [5, 5.41) is 0.828. The van der Waals surface area contributed by atoms with Gasteiger partial charge in [0, 0.05) is 6.07 Å². The normalized spacial score (nSPS) is 17.6. The minimum Gasteiger partial charge on any atom is -0.484 e. The Bertz CT molecular complexity index is 700. The Morgan fingerprint density at radius 1 is 1.10 bits per heavy atom. The monoisotopic (exact) mass is 310 g/mol. The molecule has 1 aliphatic rings. The zero-order valence-electron chi connectivity index (χ0n) is 10.2. The molecule has 20 heavy (non-hydrogen) atoms. The molecule has 1 unspecified atom stereocenters. The fraction of sp³-hybridized carbons (Fsp3) is 0.133. The second-order valence-corrected chi connectivity index (χ2v) is 5.36. The second-order valence-electron chi connectivity index (χ2n) is 4.55. The number of fused-ring (bicyclic) bond motifs is 1. The average molecular weight is 311 g/mol. The van der Waals surface area contributed by atoms with Crippen LogP contribution in [0.3, 0.4) is 0 Å². The lowest BCUT2D eigenvalue weighted by atomic mass is 9.96. The van der Waals surface area contributed by atoms with Crippen LogP contribution in [0.15, 0.2) is 36.4 Å². The van der Waals surface area contributed by atoms with Crippen LogP contribution in [0, 0.1) is 5.82 Å². The predicted molar refractivity (Wildman–Crippen MR) is 75.2 cm³/mol. The van der Waals surface area contributed by atoms with Crippen LogP contribution in [-0.2, 0) is 0 Å². The van der Waals surface area contributed by atoms with E-state index in [-0.39, 0.29) is 18.0 Å². The van der Waals surface area contributed by atoms with Gasteiger partial charge in [0.2, 0.25) is 0 Å². The highest BCUT2D eigenvalue weighted by molar-refractivity contribution is 6.42. The van der Waals surface area contributed by atoms with Gasteiger partial charge in [-0.25, -0.2) is 4.39 Å². The van der Waals surface area contributed by atoms with Gasteiger partial charge < -0.3 is 4.74 Å². The second kappa shape index (κ2) is 5.08. The lowest BCUT2D eigenvalue weighted by molar-refractivity contribution is 0.0849. The first kappa shape index (κ1) is 13.4. The Hall–Kier alpha value is -1.58.